The van der Waals surface area contributed by atoms with Gasteiger partial charge in [-0.05, 0) is 61.3 Å². The lowest BCUT2D eigenvalue weighted by Crippen LogP contribution is -2.80. The number of carbonyl (C=O) groups excluding carboxylic acids is 3. The molecule has 0 aromatic heterocycles. The third kappa shape index (κ3) is 4.22. The number of primary amides is 1. The number of Topliss-reactive ketones (excluding diaryl/α,β-unsaturated/α-hetero) is 2. The molecule has 6 rings (SSSR count). The first kappa shape index (κ1) is 31.4. The summed E-state index contributed by atoms with van der Waals surface area (Å²) >= 11 is 0. The fourth-order valence-electron chi connectivity index (χ4n) is 7.96. The van der Waals surface area contributed by atoms with Gasteiger partial charge in [0.2, 0.25) is 0 Å². The maximum absolute atomic E-state index is 14.6. The van der Waals surface area contributed by atoms with E-state index in [-0.39, 0.29) is 17.7 Å². The quantitative estimate of drug-likeness (QED) is 0.247. The molecule has 2 aromatic carbocycles. The van der Waals surface area contributed by atoms with E-state index in [2.05, 4.69) is 4.90 Å². The Morgan fingerprint density at radius 1 is 1.13 bits per heavy atom. The van der Waals surface area contributed by atoms with Crippen molar-refractivity contribution in [1.29, 1.82) is 5.26 Å². The Bertz CT molecular complexity index is 1810. The summed E-state index contributed by atoms with van der Waals surface area (Å²) in [7, 11) is 2.96. The van der Waals surface area contributed by atoms with Crippen molar-refractivity contribution in [1.82, 2.24) is 9.80 Å². The summed E-state index contributed by atoms with van der Waals surface area (Å²) in [5.74, 6) is -5.66. The topological polar surface area (TPSA) is 229 Å². The number of hydrogen-bond acceptors (Lipinski definition) is 12. The smallest absolute Gasteiger partial charge is 0.255 e. The fourth-order valence-corrected chi connectivity index (χ4v) is 7.96. The summed E-state index contributed by atoms with van der Waals surface area (Å²) in [5, 5.41) is 44.7. The molecule has 13 heteroatoms. The van der Waals surface area contributed by atoms with Crippen LogP contribution in [-0.2, 0) is 32.1 Å². The lowest BCUT2D eigenvalue weighted by molar-refractivity contribution is -0.139. The van der Waals surface area contributed by atoms with Crippen molar-refractivity contribution in [2.75, 3.05) is 40.4 Å². The summed E-state index contributed by atoms with van der Waals surface area (Å²) in [6.07, 6.45) is -0.554. The number of nitrogens with two attached hydrogens (primary N) is 3. The van der Waals surface area contributed by atoms with Crippen molar-refractivity contribution >= 4 is 23.2 Å². The molecule has 46 heavy (non-hydrogen) atoms. The van der Waals surface area contributed by atoms with Crippen molar-refractivity contribution < 1.29 is 34.4 Å². The van der Waals surface area contributed by atoms with Crippen LogP contribution in [0.25, 0.3) is 16.9 Å². The number of phenolic OH excluding ortho intramolecular Hbond substituents is 1. The molecule has 0 bridgehead atoms. The number of phenols is 1. The molecule has 9 N–H and O–H groups in total. The first-order chi connectivity index (χ1) is 21.7. The minimum absolute atomic E-state index is 0.0484. The van der Waals surface area contributed by atoms with Crippen LogP contribution in [0.5, 0.6) is 5.75 Å². The second-order valence-electron chi connectivity index (χ2n) is 12.9. The molecule has 1 aliphatic heterocycles. The van der Waals surface area contributed by atoms with Gasteiger partial charge in [0, 0.05) is 19.6 Å². The van der Waals surface area contributed by atoms with E-state index in [1.807, 2.05) is 24.3 Å². The predicted molar refractivity (Wildman–Crippen MR) is 166 cm³/mol. The minimum atomic E-state index is -2.70. The fraction of sp³-hybridized carbons (Fsp3) is 0.394. The summed E-state index contributed by atoms with van der Waals surface area (Å²) in [6, 6.07) is 11.2. The molecule has 1 saturated heterocycles. The van der Waals surface area contributed by atoms with Gasteiger partial charge in [0.25, 0.3) is 5.91 Å². The average molecular weight is 629 g/mol. The number of nitrogens with zero attached hydrogens (tertiary/aromatic N) is 3. The Hall–Kier alpha value is -4.58. The zero-order valence-corrected chi connectivity index (χ0v) is 25.5. The standard InChI is InChI=1S/C33H36N6O7/c1-38(2)27-26(42)23(30(35)45)28(43)32(16-34)29(44)24-25(41)22-20(13-31(24,36)15-33(27,32)37)19(6-7-21(22)40)18-5-3-4-17(12-18)14-39-8-10-46-11-9-39/h3-7,12,27,40-41,43H,8-11,13-15,36-37H2,1-2H3,(H2,35,45)/t27-,31-,32+,33-/m1/s1. The molecule has 1 saturated carbocycles. The van der Waals surface area contributed by atoms with Gasteiger partial charge in [-0.15, -0.1) is 0 Å². The van der Waals surface area contributed by atoms with Gasteiger partial charge in [-0.25, -0.2) is 0 Å². The van der Waals surface area contributed by atoms with Crippen molar-refractivity contribution in [3.05, 3.63) is 70.0 Å². The number of aliphatic hydroxyl groups is 2. The number of benzene rings is 2. The molecule has 1 heterocycles. The lowest BCUT2D eigenvalue weighted by atomic mass is 9.47. The zero-order chi connectivity index (χ0) is 33.3. The molecule has 3 aliphatic carbocycles. The molecule has 240 valence electrons. The number of likely N-dealkylation sites (N-methyl/N-ethyl adjacent to an activating group) is 1. The van der Waals surface area contributed by atoms with Crippen molar-refractivity contribution in [2.24, 2.45) is 22.6 Å². The number of aliphatic hydroxyl groups excluding tert-OH is 2. The van der Waals surface area contributed by atoms with Crippen LogP contribution < -0.4 is 17.2 Å². The number of ether oxygens (including phenoxy) is 1. The number of hydrogen-bond donors (Lipinski definition) is 6. The number of aromatic hydroxyl groups is 1. The number of morpholine rings is 1. The number of ketones is 2. The van der Waals surface area contributed by atoms with E-state index in [1.54, 1.807) is 12.1 Å². The van der Waals surface area contributed by atoms with Gasteiger partial charge in [0.05, 0.1) is 47.5 Å². The molecular weight excluding hydrogens is 592 g/mol. The van der Waals surface area contributed by atoms with E-state index >= 15 is 0 Å². The van der Waals surface area contributed by atoms with Crippen LogP contribution in [0.2, 0.25) is 0 Å². The van der Waals surface area contributed by atoms with Gasteiger partial charge in [-0.1, -0.05) is 24.3 Å². The maximum atomic E-state index is 14.6. The van der Waals surface area contributed by atoms with Gasteiger partial charge >= 0.3 is 0 Å². The van der Waals surface area contributed by atoms with E-state index in [1.165, 1.54) is 25.1 Å². The summed E-state index contributed by atoms with van der Waals surface area (Å²) in [4.78, 5) is 44.2. The summed E-state index contributed by atoms with van der Waals surface area (Å²) < 4.78 is 5.46. The highest BCUT2D eigenvalue weighted by molar-refractivity contribution is 6.25. The molecule has 2 aromatic rings. The number of carbonyl (C=O) groups is 3. The Kier molecular flexibility index (Phi) is 7.34. The van der Waals surface area contributed by atoms with Gasteiger partial charge < -0.3 is 37.3 Å². The first-order valence-electron chi connectivity index (χ1n) is 14.9. The van der Waals surface area contributed by atoms with Crippen molar-refractivity contribution in [2.45, 2.75) is 36.5 Å². The maximum Gasteiger partial charge on any atom is 0.255 e. The van der Waals surface area contributed by atoms with E-state index in [0.29, 0.717) is 30.9 Å². The first-order valence-corrected chi connectivity index (χ1v) is 14.9. The minimum Gasteiger partial charge on any atom is -0.509 e. The number of nitriles is 1. The third-order valence-corrected chi connectivity index (χ3v) is 9.88. The molecule has 1 amide bonds. The summed E-state index contributed by atoms with van der Waals surface area (Å²) in [5.41, 5.74) is 14.3. The molecular formula is C33H36N6O7. The molecule has 4 atom stereocenters. The van der Waals surface area contributed by atoms with Gasteiger partial charge in [-0.3, -0.25) is 24.2 Å². The van der Waals surface area contributed by atoms with Crippen LogP contribution in [0.15, 0.2) is 53.3 Å². The van der Waals surface area contributed by atoms with Crippen LogP contribution in [0.4, 0.5) is 0 Å². The van der Waals surface area contributed by atoms with E-state index in [4.69, 9.17) is 21.9 Å². The molecule has 0 radical (unpaired) electrons. The van der Waals surface area contributed by atoms with Gasteiger partial charge in [0.1, 0.15) is 22.8 Å². The number of rotatable bonds is 5. The zero-order valence-electron chi connectivity index (χ0n) is 25.5. The SMILES string of the molecule is CN(C)[C@@H]1C(=O)C(C(N)=O)=C(O)[C@@]2(C#N)C(=O)C3=C(O)c4c(O)ccc(-c5cccc(CN6CCOCC6)c5)c4C[C@@]3(N)C[C@@]12N. The third-order valence-electron chi connectivity index (χ3n) is 9.88. The van der Waals surface area contributed by atoms with Gasteiger partial charge in [-0.2, -0.15) is 5.26 Å². The highest BCUT2D eigenvalue weighted by Gasteiger charge is 2.74. The highest BCUT2D eigenvalue weighted by Crippen LogP contribution is 2.58. The summed E-state index contributed by atoms with van der Waals surface area (Å²) in [6.45, 7) is 3.61. The average Bonchev–Trinajstić information content (AvgIpc) is 2.97. The Morgan fingerprint density at radius 3 is 2.46 bits per heavy atom. The van der Waals surface area contributed by atoms with E-state index in [9.17, 15) is 35.0 Å². The molecule has 4 aliphatic rings. The molecule has 0 unspecified atom stereocenters. The van der Waals surface area contributed by atoms with E-state index in [0.717, 1.165) is 24.2 Å². The Labute approximate surface area is 265 Å². The van der Waals surface area contributed by atoms with Crippen LogP contribution in [-0.4, -0.2) is 100 Å². The predicted octanol–water partition coefficient (Wildman–Crippen LogP) is 0.405. The molecule has 0 spiro atoms. The largest absolute Gasteiger partial charge is 0.509 e. The van der Waals surface area contributed by atoms with Crippen LogP contribution in [0.3, 0.4) is 0 Å². The van der Waals surface area contributed by atoms with Crippen molar-refractivity contribution in [3.8, 4) is 22.9 Å². The second-order valence-corrected chi connectivity index (χ2v) is 12.9. The highest BCUT2D eigenvalue weighted by atomic mass is 16.5. The van der Waals surface area contributed by atoms with Gasteiger partial charge in [0.15, 0.2) is 17.0 Å². The Balaban J connectivity index is 1.55. The monoisotopic (exact) mass is 628 g/mol. The number of amides is 1. The van der Waals surface area contributed by atoms with Crippen LogP contribution in [0, 0.1) is 16.7 Å². The van der Waals surface area contributed by atoms with E-state index < -0.39 is 69.1 Å². The van der Waals surface area contributed by atoms with Crippen molar-refractivity contribution in [3.63, 3.8) is 0 Å². The van der Waals surface area contributed by atoms with Crippen LogP contribution >= 0.6 is 0 Å². The molecule has 2 fully saturated rings. The normalized spacial score (nSPS) is 29.7. The lowest BCUT2D eigenvalue weighted by Gasteiger charge is -2.58. The molecule has 13 nitrogen and oxygen atoms in total. The Morgan fingerprint density at radius 2 is 1.83 bits per heavy atom. The number of fused-ring (bicyclic) bond motifs is 3. The second kappa shape index (κ2) is 10.8. The van der Waals surface area contributed by atoms with Crippen LogP contribution in [0.1, 0.15) is 23.1 Å².